The van der Waals surface area contributed by atoms with Crippen LogP contribution in [0.5, 0.6) is 0 Å². The summed E-state index contributed by atoms with van der Waals surface area (Å²) in [6.45, 7) is 7.27. The van der Waals surface area contributed by atoms with E-state index in [0.717, 1.165) is 19.0 Å². The van der Waals surface area contributed by atoms with Gasteiger partial charge in [-0.15, -0.1) is 24.0 Å². The van der Waals surface area contributed by atoms with Crippen LogP contribution in [-0.4, -0.2) is 56.5 Å². The molecule has 7 heteroatoms. The maximum Gasteiger partial charge on any atom is 0.193 e. The summed E-state index contributed by atoms with van der Waals surface area (Å²) in [6, 6.07) is 0. The second-order valence-electron chi connectivity index (χ2n) is 4.98. The highest BCUT2D eigenvalue weighted by Gasteiger charge is 2.28. The topological polar surface area (TPSA) is 61.8 Å². The normalized spacial score (nSPS) is 16.5. The van der Waals surface area contributed by atoms with Gasteiger partial charge in [-0.2, -0.15) is 0 Å². The van der Waals surface area contributed by atoms with Gasteiger partial charge < -0.3 is 10.2 Å². The summed E-state index contributed by atoms with van der Waals surface area (Å²) in [5.41, 5.74) is 0. The van der Waals surface area contributed by atoms with Crippen LogP contribution in [0.25, 0.3) is 0 Å². The van der Waals surface area contributed by atoms with Gasteiger partial charge in [-0.1, -0.05) is 0 Å². The molecule has 102 valence electrons. The molecule has 0 saturated heterocycles. The van der Waals surface area contributed by atoms with Crippen LogP contribution in [0.2, 0.25) is 0 Å². The summed E-state index contributed by atoms with van der Waals surface area (Å²) in [4.78, 5) is 6.22. The first-order valence-corrected chi connectivity index (χ1v) is 7.11. The molecule has 1 aliphatic rings. The first kappa shape index (κ1) is 16.9. The number of nitrogens with zero attached hydrogens (tertiary/aromatic N) is 2. The zero-order valence-corrected chi connectivity index (χ0v) is 14.0. The molecule has 1 N–H and O–H groups in total. The Morgan fingerprint density at radius 3 is 2.41 bits per heavy atom. The van der Waals surface area contributed by atoms with Crippen LogP contribution in [0.15, 0.2) is 4.99 Å². The van der Waals surface area contributed by atoms with Crippen LogP contribution >= 0.6 is 24.0 Å². The highest BCUT2D eigenvalue weighted by Crippen LogP contribution is 2.15. The average molecular weight is 375 g/mol. The number of aliphatic imine (C=N–C) groups is 1. The Labute approximate surface area is 121 Å². The van der Waals surface area contributed by atoms with Crippen molar-refractivity contribution in [2.45, 2.75) is 25.5 Å². The molecule has 0 unspecified atom stereocenters. The monoisotopic (exact) mass is 375 g/mol. The second kappa shape index (κ2) is 6.21. The standard InChI is InChI=1S/C10H21N3O2S.HI/c1-10(2,3)16(14,15)8-6-12-9-11-5-7-13(9)4;/h5-8H2,1-4H3,(H,11,12);1H. The van der Waals surface area contributed by atoms with Gasteiger partial charge in [-0.05, 0) is 20.8 Å². The minimum Gasteiger partial charge on any atom is -0.355 e. The van der Waals surface area contributed by atoms with Gasteiger partial charge in [-0.25, -0.2) is 8.42 Å². The molecule has 1 heterocycles. The van der Waals surface area contributed by atoms with Crippen molar-refractivity contribution in [3.63, 3.8) is 0 Å². The summed E-state index contributed by atoms with van der Waals surface area (Å²) in [5, 5.41) is 3.06. The number of guanidine groups is 1. The van der Waals surface area contributed by atoms with Gasteiger partial charge in [0, 0.05) is 20.1 Å². The van der Waals surface area contributed by atoms with Crippen molar-refractivity contribution in [3.8, 4) is 0 Å². The van der Waals surface area contributed by atoms with Crippen LogP contribution in [0, 0.1) is 0 Å². The molecular weight excluding hydrogens is 353 g/mol. The maximum atomic E-state index is 11.8. The maximum absolute atomic E-state index is 11.8. The minimum atomic E-state index is -3.04. The Morgan fingerprint density at radius 2 is 2.00 bits per heavy atom. The zero-order valence-electron chi connectivity index (χ0n) is 10.9. The van der Waals surface area contributed by atoms with Gasteiger partial charge in [0.05, 0.1) is 17.0 Å². The fourth-order valence-electron chi connectivity index (χ4n) is 1.33. The summed E-state index contributed by atoms with van der Waals surface area (Å²) in [5.74, 6) is 0.938. The molecule has 0 aromatic carbocycles. The largest absolute Gasteiger partial charge is 0.355 e. The van der Waals surface area contributed by atoms with E-state index < -0.39 is 14.6 Å². The molecule has 0 fully saturated rings. The van der Waals surface area contributed by atoms with E-state index >= 15 is 0 Å². The molecule has 17 heavy (non-hydrogen) atoms. The van der Waals surface area contributed by atoms with E-state index in [1.807, 2.05) is 11.9 Å². The first-order valence-electron chi connectivity index (χ1n) is 5.46. The Bertz CT molecular complexity index is 374. The highest BCUT2D eigenvalue weighted by molar-refractivity contribution is 14.0. The van der Waals surface area contributed by atoms with Crippen LogP contribution in [-0.2, 0) is 9.84 Å². The van der Waals surface area contributed by atoms with Crippen molar-refractivity contribution < 1.29 is 8.42 Å². The molecule has 1 rings (SSSR count). The molecule has 0 aromatic heterocycles. The van der Waals surface area contributed by atoms with Gasteiger partial charge in [0.25, 0.3) is 0 Å². The van der Waals surface area contributed by atoms with Crippen LogP contribution in [0.3, 0.4) is 0 Å². The van der Waals surface area contributed by atoms with Gasteiger partial charge in [0.2, 0.25) is 0 Å². The number of nitrogens with one attached hydrogen (secondary N) is 1. The summed E-state index contributed by atoms with van der Waals surface area (Å²) >= 11 is 0. The van der Waals surface area contributed by atoms with Gasteiger partial charge in [-0.3, -0.25) is 4.99 Å². The highest BCUT2D eigenvalue weighted by atomic mass is 127. The number of sulfone groups is 1. The Balaban J connectivity index is 0.00000256. The van der Waals surface area contributed by atoms with Crippen LogP contribution in [0.4, 0.5) is 0 Å². The minimum absolute atomic E-state index is 0. The third kappa shape index (κ3) is 4.61. The Kier molecular flexibility index (Phi) is 6.20. The smallest absolute Gasteiger partial charge is 0.193 e. The number of halogens is 1. The molecule has 1 aliphatic heterocycles. The van der Waals surface area contributed by atoms with Crippen molar-refractivity contribution in [3.05, 3.63) is 0 Å². The summed E-state index contributed by atoms with van der Waals surface area (Å²) in [7, 11) is -1.10. The van der Waals surface area contributed by atoms with E-state index in [2.05, 4.69) is 10.3 Å². The lowest BCUT2D eigenvalue weighted by Gasteiger charge is -2.20. The lowest BCUT2D eigenvalue weighted by atomic mass is 10.3. The lowest BCUT2D eigenvalue weighted by Crippen LogP contribution is -2.40. The van der Waals surface area contributed by atoms with Gasteiger partial charge >= 0.3 is 0 Å². The average Bonchev–Trinajstić information content (AvgIpc) is 2.49. The third-order valence-corrected chi connectivity index (χ3v) is 5.25. The first-order chi connectivity index (χ1) is 7.24. The second-order valence-corrected chi connectivity index (χ2v) is 7.85. The Morgan fingerprint density at radius 1 is 1.41 bits per heavy atom. The van der Waals surface area contributed by atoms with E-state index in [4.69, 9.17) is 0 Å². The van der Waals surface area contributed by atoms with E-state index in [-0.39, 0.29) is 29.7 Å². The molecule has 0 spiro atoms. The quantitative estimate of drug-likeness (QED) is 0.739. The molecule has 0 aromatic rings. The van der Waals surface area contributed by atoms with Crippen LogP contribution in [0.1, 0.15) is 20.8 Å². The van der Waals surface area contributed by atoms with Crippen molar-refractivity contribution in [2.24, 2.45) is 4.99 Å². The molecule has 0 atom stereocenters. The van der Waals surface area contributed by atoms with Crippen molar-refractivity contribution in [2.75, 3.05) is 32.4 Å². The van der Waals surface area contributed by atoms with E-state index in [1.165, 1.54) is 0 Å². The van der Waals surface area contributed by atoms with Crippen molar-refractivity contribution in [1.29, 1.82) is 0 Å². The number of hydrogen-bond donors (Lipinski definition) is 1. The van der Waals surface area contributed by atoms with E-state index in [1.54, 1.807) is 20.8 Å². The lowest BCUT2D eigenvalue weighted by molar-refractivity contribution is 0.533. The molecule has 0 radical (unpaired) electrons. The fraction of sp³-hybridized carbons (Fsp3) is 0.900. The number of rotatable bonds is 3. The van der Waals surface area contributed by atoms with Gasteiger partial charge in [0.15, 0.2) is 15.8 Å². The third-order valence-electron chi connectivity index (χ3n) is 2.65. The fourth-order valence-corrected chi connectivity index (χ4v) is 2.31. The molecule has 0 saturated carbocycles. The predicted octanol–water partition coefficient (Wildman–Crippen LogP) is 0.709. The molecule has 0 aliphatic carbocycles. The molecule has 5 nitrogen and oxygen atoms in total. The Hall–Kier alpha value is -0.0500. The van der Waals surface area contributed by atoms with Crippen molar-refractivity contribution in [1.82, 2.24) is 10.2 Å². The number of hydrogen-bond acceptors (Lipinski definition) is 5. The van der Waals surface area contributed by atoms with Gasteiger partial charge in [0.1, 0.15) is 0 Å². The molecule has 0 bridgehead atoms. The summed E-state index contributed by atoms with van der Waals surface area (Å²) in [6.07, 6.45) is 0. The predicted molar refractivity (Wildman–Crippen MR) is 81.9 cm³/mol. The summed E-state index contributed by atoms with van der Waals surface area (Å²) < 4.78 is 22.9. The van der Waals surface area contributed by atoms with Crippen molar-refractivity contribution >= 4 is 39.8 Å². The molecular formula is C10H22IN3O2S. The van der Waals surface area contributed by atoms with Crippen LogP contribution < -0.4 is 5.32 Å². The number of likely N-dealkylation sites (N-methyl/N-ethyl adjacent to an activating group) is 1. The SMILES string of the molecule is CN1CCN=C1NCCS(=O)(=O)C(C)(C)C.I. The zero-order chi connectivity index (χ0) is 12.4. The molecule has 0 amide bonds. The van der Waals surface area contributed by atoms with E-state index in [0.29, 0.717) is 6.54 Å². The van der Waals surface area contributed by atoms with E-state index in [9.17, 15) is 8.42 Å².